The van der Waals surface area contributed by atoms with Gasteiger partial charge in [0.15, 0.2) is 18.1 Å². The molecule has 3 N–H and O–H groups in total. The number of nitrogens with two attached hydrogens (primary N) is 1. The number of aromatic nitrogens is 2. The van der Waals surface area contributed by atoms with Crippen molar-refractivity contribution in [3.63, 3.8) is 0 Å². The number of amides is 2. The number of carbonyl (C=O) groups excluding carboxylic acids is 2. The molecule has 3 rings (SSSR count). The third-order valence-corrected chi connectivity index (χ3v) is 4.03. The van der Waals surface area contributed by atoms with Crippen molar-refractivity contribution >= 4 is 17.5 Å². The highest BCUT2D eigenvalue weighted by Crippen LogP contribution is 2.31. The van der Waals surface area contributed by atoms with E-state index in [2.05, 4.69) is 10.4 Å². The Hall–Kier alpha value is -4.02. The van der Waals surface area contributed by atoms with E-state index in [1.807, 2.05) is 0 Å². The van der Waals surface area contributed by atoms with Gasteiger partial charge in [-0.3, -0.25) is 9.59 Å². The predicted octanol–water partition coefficient (Wildman–Crippen LogP) is 3.02. The second-order valence-corrected chi connectivity index (χ2v) is 6.28. The number of hydrogen-bond donors (Lipinski definition) is 2. The molecule has 3 aromatic rings. The minimum atomic E-state index is -4.52. The van der Waals surface area contributed by atoms with E-state index in [0.29, 0.717) is 11.4 Å². The van der Waals surface area contributed by atoms with Crippen LogP contribution < -0.4 is 20.5 Å². The molecule has 0 atom stereocenters. The number of benzene rings is 2. The molecule has 11 heteroatoms. The first-order valence-electron chi connectivity index (χ1n) is 8.81. The van der Waals surface area contributed by atoms with Crippen LogP contribution in [-0.2, 0) is 11.0 Å². The van der Waals surface area contributed by atoms with Gasteiger partial charge < -0.3 is 20.5 Å². The van der Waals surface area contributed by atoms with E-state index in [-0.39, 0.29) is 23.7 Å². The van der Waals surface area contributed by atoms with Crippen LogP contribution in [0.25, 0.3) is 5.69 Å². The number of primary amides is 1. The molecule has 0 aliphatic rings. The molecule has 0 fully saturated rings. The van der Waals surface area contributed by atoms with Crippen molar-refractivity contribution in [1.29, 1.82) is 0 Å². The smallest absolute Gasteiger partial charge is 0.416 e. The molecule has 0 aliphatic heterocycles. The van der Waals surface area contributed by atoms with Crippen molar-refractivity contribution in [2.24, 2.45) is 5.73 Å². The minimum Gasteiger partial charge on any atom is -0.493 e. The van der Waals surface area contributed by atoms with Crippen LogP contribution in [0.3, 0.4) is 0 Å². The van der Waals surface area contributed by atoms with Crippen LogP contribution in [0.15, 0.2) is 54.7 Å². The average Bonchev–Trinajstić information content (AvgIpc) is 3.17. The van der Waals surface area contributed by atoms with Gasteiger partial charge in [-0.15, -0.1) is 0 Å². The zero-order valence-electron chi connectivity index (χ0n) is 16.1. The third kappa shape index (κ3) is 5.32. The first kappa shape index (κ1) is 21.7. The molecule has 0 radical (unpaired) electrons. The minimum absolute atomic E-state index is 0.0658. The molecule has 8 nitrogen and oxygen atoms in total. The summed E-state index contributed by atoms with van der Waals surface area (Å²) in [5.41, 5.74) is 4.49. The van der Waals surface area contributed by atoms with Crippen molar-refractivity contribution in [2.45, 2.75) is 6.18 Å². The maximum absolute atomic E-state index is 13.0. The molecule has 0 bridgehead atoms. The Morgan fingerprint density at radius 1 is 1.16 bits per heavy atom. The third-order valence-electron chi connectivity index (χ3n) is 4.03. The lowest BCUT2D eigenvalue weighted by Crippen LogP contribution is -2.20. The Balaban J connectivity index is 1.84. The summed E-state index contributed by atoms with van der Waals surface area (Å²) in [4.78, 5) is 23.5. The molecule has 162 valence electrons. The van der Waals surface area contributed by atoms with Crippen LogP contribution in [0.1, 0.15) is 16.1 Å². The number of nitrogens with one attached hydrogen (secondary N) is 1. The molecule has 1 aromatic heterocycles. The summed E-state index contributed by atoms with van der Waals surface area (Å²) >= 11 is 0. The number of halogens is 3. The van der Waals surface area contributed by atoms with Crippen molar-refractivity contribution in [3.05, 3.63) is 66.0 Å². The van der Waals surface area contributed by atoms with Gasteiger partial charge in [0.05, 0.1) is 24.6 Å². The maximum Gasteiger partial charge on any atom is 0.416 e. The van der Waals surface area contributed by atoms with Crippen LogP contribution in [0, 0.1) is 0 Å². The number of nitrogens with zero attached hydrogens (tertiary/aromatic N) is 2. The molecule has 1 heterocycles. The summed E-state index contributed by atoms with van der Waals surface area (Å²) in [6.07, 6.45) is -3.22. The Kier molecular flexibility index (Phi) is 6.14. The van der Waals surface area contributed by atoms with Crippen LogP contribution in [0.2, 0.25) is 0 Å². The molecule has 0 spiro atoms. The Bertz CT molecular complexity index is 1110. The van der Waals surface area contributed by atoms with E-state index in [1.165, 1.54) is 31.5 Å². The van der Waals surface area contributed by atoms with Gasteiger partial charge in [0.25, 0.3) is 11.8 Å². The largest absolute Gasteiger partial charge is 0.493 e. The van der Waals surface area contributed by atoms with E-state index >= 15 is 0 Å². The SMILES string of the molecule is COc1cn(-c2cccc(C(F)(F)F)c2)nc1C(=O)Nc1cccc(OCC(N)=O)c1. The lowest BCUT2D eigenvalue weighted by atomic mass is 10.2. The van der Waals surface area contributed by atoms with Crippen molar-refractivity contribution in [2.75, 3.05) is 19.0 Å². The number of hydrogen-bond acceptors (Lipinski definition) is 5. The Labute approximate surface area is 174 Å². The summed E-state index contributed by atoms with van der Waals surface area (Å²) in [6, 6.07) is 10.7. The number of rotatable bonds is 7. The van der Waals surface area contributed by atoms with Crippen molar-refractivity contribution in [3.8, 4) is 17.2 Å². The molecule has 2 amide bonds. The summed E-state index contributed by atoms with van der Waals surface area (Å²) in [7, 11) is 1.31. The Morgan fingerprint density at radius 2 is 1.90 bits per heavy atom. The number of anilines is 1. The average molecular weight is 434 g/mol. The molecule has 0 aliphatic carbocycles. The first-order valence-corrected chi connectivity index (χ1v) is 8.81. The highest BCUT2D eigenvalue weighted by Gasteiger charge is 2.30. The molecule has 0 saturated heterocycles. The lowest BCUT2D eigenvalue weighted by molar-refractivity contribution is -0.137. The number of ether oxygens (including phenoxy) is 2. The predicted molar refractivity (Wildman–Crippen MR) is 104 cm³/mol. The lowest BCUT2D eigenvalue weighted by Gasteiger charge is -2.08. The quantitative estimate of drug-likeness (QED) is 0.594. The highest BCUT2D eigenvalue weighted by molar-refractivity contribution is 6.04. The standard InChI is InChI=1S/C20H17F3N4O4/c1-30-16-10-27(14-6-2-4-12(8-14)20(21,22)23)26-18(16)19(29)25-13-5-3-7-15(9-13)31-11-17(24)28/h2-10H,11H2,1H3,(H2,24,28)(H,25,29). The van der Waals surface area contributed by atoms with Gasteiger partial charge in [-0.25, -0.2) is 4.68 Å². The van der Waals surface area contributed by atoms with Crippen molar-refractivity contribution in [1.82, 2.24) is 9.78 Å². The van der Waals surface area contributed by atoms with Gasteiger partial charge >= 0.3 is 6.18 Å². The maximum atomic E-state index is 13.0. The summed E-state index contributed by atoms with van der Waals surface area (Å²) in [5.74, 6) is -0.942. The van der Waals surface area contributed by atoms with Crippen molar-refractivity contribution < 1.29 is 32.2 Å². The number of alkyl halides is 3. The zero-order valence-corrected chi connectivity index (χ0v) is 16.1. The summed E-state index contributed by atoms with van der Waals surface area (Å²) < 4.78 is 50.4. The van der Waals surface area contributed by atoms with E-state index in [0.717, 1.165) is 16.8 Å². The van der Waals surface area contributed by atoms with E-state index < -0.39 is 23.6 Å². The van der Waals surface area contributed by atoms with E-state index in [1.54, 1.807) is 18.2 Å². The monoisotopic (exact) mass is 434 g/mol. The second-order valence-electron chi connectivity index (χ2n) is 6.28. The van der Waals surface area contributed by atoms with E-state index in [4.69, 9.17) is 15.2 Å². The number of methoxy groups -OCH3 is 1. The molecule has 2 aromatic carbocycles. The van der Waals surface area contributed by atoms with Crippen LogP contribution >= 0.6 is 0 Å². The Morgan fingerprint density at radius 3 is 2.58 bits per heavy atom. The first-order chi connectivity index (χ1) is 14.7. The van der Waals surface area contributed by atoms with Gasteiger partial charge in [-0.2, -0.15) is 18.3 Å². The fourth-order valence-corrected chi connectivity index (χ4v) is 2.63. The van der Waals surface area contributed by atoms with Gasteiger partial charge in [-0.05, 0) is 30.3 Å². The summed E-state index contributed by atoms with van der Waals surface area (Å²) in [6.45, 7) is -0.327. The molecule has 0 unspecified atom stereocenters. The van der Waals surface area contributed by atoms with Crippen LogP contribution in [-0.4, -0.2) is 35.3 Å². The van der Waals surface area contributed by atoms with Crippen LogP contribution in [0.5, 0.6) is 11.5 Å². The fourth-order valence-electron chi connectivity index (χ4n) is 2.63. The zero-order chi connectivity index (χ0) is 22.6. The second kappa shape index (κ2) is 8.78. The van der Waals surface area contributed by atoms with Gasteiger partial charge in [-0.1, -0.05) is 12.1 Å². The normalized spacial score (nSPS) is 11.1. The molecular weight excluding hydrogens is 417 g/mol. The van der Waals surface area contributed by atoms with E-state index in [9.17, 15) is 22.8 Å². The summed E-state index contributed by atoms with van der Waals surface area (Å²) in [5, 5.41) is 6.66. The molecule has 31 heavy (non-hydrogen) atoms. The molecule has 0 saturated carbocycles. The fraction of sp³-hybridized carbons (Fsp3) is 0.150. The molecular formula is C20H17F3N4O4. The van der Waals surface area contributed by atoms with Crippen LogP contribution in [0.4, 0.5) is 18.9 Å². The van der Waals surface area contributed by atoms with Gasteiger partial charge in [0.2, 0.25) is 0 Å². The highest BCUT2D eigenvalue weighted by atomic mass is 19.4. The van der Waals surface area contributed by atoms with Gasteiger partial charge in [0, 0.05) is 11.8 Å². The topological polar surface area (TPSA) is 108 Å². The number of carbonyl (C=O) groups is 2. The van der Waals surface area contributed by atoms with Gasteiger partial charge in [0.1, 0.15) is 5.75 Å².